The van der Waals surface area contributed by atoms with Gasteiger partial charge in [-0.1, -0.05) is 0 Å². The molecule has 9 nitrogen and oxygen atoms in total. The predicted octanol–water partition coefficient (Wildman–Crippen LogP) is 3.17. The molecule has 1 aliphatic rings. The molecule has 0 radical (unpaired) electrons. The Kier molecular flexibility index (Phi) is 8.06. The van der Waals surface area contributed by atoms with E-state index in [-0.39, 0.29) is 30.0 Å². The van der Waals surface area contributed by atoms with Crippen molar-refractivity contribution in [3.63, 3.8) is 0 Å². The summed E-state index contributed by atoms with van der Waals surface area (Å²) >= 11 is 0. The zero-order valence-electron chi connectivity index (χ0n) is 19.4. The maximum Gasteiger partial charge on any atom is 0.248 e. The molecule has 1 amide bonds. The van der Waals surface area contributed by atoms with E-state index in [9.17, 15) is 9.18 Å². The van der Waals surface area contributed by atoms with Gasteiger partial charge < -0.3 is 24.8 Å². The van der Waals surface area contributed by atoms with Crippen LogP contribution in [0.2, 0.25) is 0 Å². The zero-order valence-corrected chi connectivity index (χ0v) is 20.2. The van der Waals surface area contributed by atoms with Crippen LogP contribution in [-0.4, -0.2) is 68.2 Å². The number of aliphatic hydroxyl groups excluding tert-OH is 1. The molecule has 2 aromatic heterocycles. The van der Waals surface area contributed by atoms with Gasteiger partial charge in [0.05, 0.1) is 18.1 Å². The van der Waals surface area contributed by atoms with Crippen molar-refractivity contribution in [3.8, 4) is 11.4 Å². The summed E-state index contributed by atoms with van der Waals surface area (Å²) in [5.74, 6) is 0.352. The Hall–Kier alpha value is -3.24. The Morgan fingerprint density at radius 2 is 1.79 bits per heavy atom. The molecule has 3 aromatic rings. The molecule has 34 heavy (non-hydrogen) atoms. The first-order valence-corrected chi connectivity index (χ1v) is 10.9. The molecule has 0 bridgehead atoms. The van der Waals surface area contributed by atoms with E-state index in [0.717, 1.165) is 17.2 Å². The number of anilines is 3. The maximum atomic E-state index is 14.6. The Morgan fingerprint density at radius 1 is 1.12 bits per heavy atom. The van der Waals surface area contributed by atoms with Gasteiger partial charge in [0.25, 0.3) is 0 Å². The number of nitrogens with zero attached hydrogens (tertiary/aromatic N) is 6. The summed E-state index contributed by atoms with van der Waals surface area (Å²) < 4.78 is 16.5. The van der Waals surface area contributed by atoms with E-state index in [1.165, 1.54) is 6.20 Å². The number of benzene rings is 1. The molecule has 4 rings (SSSR count). The van der Waals surface area contributed by atoms with Crippen molar-refractivity contribution in [2.75, 3.05) is 43.0 Å². The molecule has 0 saturated carbocycles. The number of piperazine rings is 1. The van der Waals surface area contributed by atoms with Crippen molar-refractivity contribution in [1.29, 1.82) is 0 Å². The summed E-state index contributed by atoms with van der Waals surface area (Å²) in [6.45, 7) is 8.03. The highest BCUT2D eigenvalue weighted by atomic mass is 35.5. The van der Waals surface area contributed by atoms with Gasteiger partial charge in [0.1, 0.15) is 18.1 Å². The fourth-order valence-electron chi connectivity index (χ4n) is 4.09. The number of carbonyl (C=O) groups excluding carboxylic acids is 1. The van der Waals surface area contributed by atoms with Crippen LogP contribution in [-0.2, 0) is 4.79 Å². The van der Waals surface area contributed by atoms with Crippen molar-refractivity contribution in [2.45, 2.75) is 26.8 Å². The molecular weight excluding hydrogens is 461 g/mol. The van der Waals surface area contributed by atoms with Gasteiger partial charge in [-0.05, 0) is 45.0 Å². The largest absolute Gasteiger partial charge is 0.387 e. The van der Waals surface area contributed by atoms with E-state index in [2.05, 4.69) is 25.2 Å². The highest BCUT2D eigenvalue weighted by Gasteiger charge is 2.21. The van der Waals surface area contributed by atoms with Crippen molar-refractivity contribution in [2.24, 2.45) is 0 Å². The minimum atomic E-state index is -0.503. The molecule has 182 valence electrons. The average molecular weight is 490 g/mol. The van der Waals surface area contributed by atoms with Crippen LogP contribution in [0.1, 0.15) is 25.7 Å². The van der Waals surface area contributed by atoms with Crippen molar-refractivity contribution >= 4 is 35.6 Å². The number of hydrogen-bond acceptors (Lipinski definition) is 7. The third-order valence-corrected chi connectivity index (χ3v) is 5.74. The quantitative estimate of drug-likeness (QED) is 0.548. The smallest absolute Gasteiger partial charge is 0.248 e. The normalized spacial score (nSPS) is 13.7. The van der Waals surface area contributed by atoms with E-state index in [4.69, 9.17) is 5.11 Å². The highest BCUT2D eigenvalue weighted by molar-refractivity contribution is 5.85. The van der Waals surface area contributed by atoms with E-state index in [1.54, 1.807) is 11.1 Å². The molecular formula is C23H29ClFN7O2. The maximum absolute atomic E-state index is 14.6. The molecule has 1 aliphatic heterocycles. The number of nitrogens with one attached hydrogen (secondary N) is 1. The molecule has 0 spiro atoms. The van der Waals surface area contributed by atoms with Crippen LogP contribution < -0.4 is 10.2 Å². The lowest BCUT2D eigenvalue weighted by atomic mass is 10.2. The molecule has 1 fully saturated rings. The first-order valence-electron chi connectivity index (χ1n) is 10.9. The number of amides is 1. The number of aliphatic hydroxyl groups is 1. The fraction of sp³-hybridized carbons (Fsp3) is 0.391. The zero-order chi connectivity index (χ0) is 23.5. The lowest BCUT2D eigenvalue weighted by Gasteiger charge is -2.35. The molecule has 2 N–H and O–H groups in total. The summed E-state index contributed by atoms with van der Waals surface area (Å²) in [7, 11) is 0. The third kappa shape index (κ3) is 5.28. The van der Waals surface area contributed by atoms with Gasteiger partial charge in [0, 0.05) is 43.6 Å². The number of aromatic nitrogens is 4. The standard InChI is InChI=1S/C23H28FN7O2.ClH/c1-15(2)31-16(3)25-13-20(31)22-19(24)12-26-23(28-22)27-17-4-6-18(7-5-17)29-8-10-30(11-9-29)21(33)14-32;/h4-7,12-13,15,32H,8-11,14H2,1-3H3,(H,26,27,28);1H. The average Bonchev–Trinajstić information content (AvgIpc) is 3.22. The van der Waals surface area contributed by atoms with E-state index >= 15 is 0 Å². The van der Waals surface area contributed by atoms with Crippen LogP contribution in [0.4, 0.5) is 21.7 Å². The summed E-state index contributed by atoms with van der Waals surface area (Å²) in [4.78, 5) is 28.3. The SMILES string of the molecule is Cc1ncc(-c2nc(Nc3ccc(N4CCN(C(=O)CO)CC4)cc3)ncc2F)n1C(C)C.Cl. The number of carbonyl (C=O) groups is 1. The van der Waals surface area contributed by atoms with Crippen molar-refractivity contribution in [1.82, 2.24) is 24.4 Å². The minimum absolute atomic E-state index is 0. The Morgan fingerprint density at radius 3 is 2.41 bits per heavy atom. The van der Waals surface area contributed by atoms with Gasteiger partial charge in [0.15, 0.2) is 5.82 Å². The van der Waals surface area contributed by atoms with Gasteiger partial charge in [-0.2, -0.15) is 0 Å². The van der Waals surface area contributed by atoms with Crippen LogP contribution in [0.15, 0.2) is 36.7 Å². The van der Waals surface area contributed by atoms with Crippen molar-refractivity contribution in [3.05, 3.63) is 48.3 Å². The second-order valence-corrected chi connectivity index (χ2v) is 8.24. The van der Waals surface area contributed by atoms with Gasteiger partial charge in [-0.15, -0.1) is 12.4 Å². The van der Waals surface area contributed by atoms with Gasteiger partial charge in [-0.3, -0.25) is 4.79 Å². The fourth-order valence-corrected chi connectivity index (χ4v) is 4.09. The first-order chi connectivity index (χ1) is 15.9. The first kappa shape index (κ1) is 25.4. The topological polar surface area (TPSA) is 99.4 Å². The monoisotopic (exact) mass is 489 g/mol. The summed E-state index contributed by atoms with van der Waals surface area (Å²) in [5, 5.41) is 12.1. The Bertz CT molecular complexity index is 1130. The lowest BCUT2D eigenvalue weighted by Crippen LogP contribution is -2.49. The number of rotatable bonds is 6. The second kappa shape index (κ2) is 10.8. The van der Waals surface area contributed by atoms with Gasteiger partial charge in [0.2, 0.25) is 11.9 Å². The Labute approximate surface area is 204 Å². The van der Waals surface area contributed by atoms with Crippen LogP contribution in [0.5, 0.6) is 0 Å². The number of hydrogen-bond donors (Lipinski definition) is 2. The van der Waals surface area contributed by atoms with E-state index < -0.39 is 12.4 Å². The lowest BCUT2D eigenvalue weighted by molar-refractivity contribution is -0.134. The van der Waals surface area contributed by atoms with Crippen LogP contribution in [0, 0.1) is 12.7 Å². The highest BCUT2D eigenvalue weighted by Crippen LogP contribution is 2.27. The van der Waals surface area contributed by atoms with E-state index in [1.807, 2.05) is 49.6 Å². The molecule has 3 heterocycles. The molecule has 11 heteroatoms. The Balaban J connectivity index is 0.00000324. The molecule has 1 aromatic carbocycles. The predicted molar refractivity (Wildman–Crippen MR) is 131 cm³/mol. The summed E-state index contributed by atoms with van der Waals surface area (Å²) in [6, 6.07) is 7.90. The van der Waals surface area contributed by atoms with Crippen LogP contribution in [0.3, 0.4) is 0 Å². The van der Waals surface area contributed by atoms with Crippen LogP contribution >= 0.6 is 12.4 Å². The van der Waals surface area contributed by atoms with Gasteiger partial charge >= 0.3 is 0 Å². The third-order valence-electron chi connectivity index (χ3n) is 5.74. The second-order valence-electron chi connectivity index (χ2n) is 8.24. The van der Waals surface area contributed by atoms with Crippen molar-refractivity contribution < 1.29 is 14.3 Å². The number of halogens is 2. The van der Waals surface area contributed by atoms with Gasteiger partial charge in [-0.25, -0.2) is 19.3 Å². The molecule has 0 atom stereocenters. The molecule has 0 unspecified atom stereocenters. The minimum Gasteiger partial charge on any atom is -0.387 e. The number of aryl methyl sites for hydroxylation is 1. The number of imidazole rings is 1. The molecule has 0 aliphatic carbocycles. The van der Waals surface area contributed by atoms with E-state index in [0.29, 0.717) is 37.8 Å². The molecule has 1 saturated heterocycles. The summed E-state index contributed by atoms with van der Waals surface area (Å²) in [5.41, 5.74) is 2.63. The summed E-state index contributed by atoms with van der Waals surface area (Å²) in [6.07, 6.45) is 2.80. The van der Waals surface area contributed by atoms with Crippen LogP contribution in [0.25, 0.3) is 11.4 Å².